The first-order valence-corrected chi connectivity index (χ1v) is 9.18. The number of para-hydroxylation sites is 2. The molecule has 29 heavy (non-hydrogen) atoms. The van der Waals surface area contributed by atoms with Crippen molar-refractivity contribution >= 4 is 34.6 Å². The van der Waals surface area contributed by atoms with Crippen LogP contribution in [-0.2, 0) is 9.59 Å². The number of nitrogens with one attached hydrogen (secondary N) is 1. The largest absolute Gasteiger partial charge is 0.325 e. The van der Waals surface area contributed by atoms with Gasteiger partial charge in [0.15, 0.2) is 0 Å². The third-order valence-corrected chi connectivity index (χ3v) is 4.58. The molecule has 0 aliphatic carbocycles. The molecule has 6 heteroatoms. The monoisotopic (exact) mass is 387 g/mol. The Morgan fingerprint density at radius 2 is 1.66 bits per heavy atom. The number of rotatable bonds is 4. The smallest absolute Gasteiger partial charge is 0.244 e. The molecule has 4 rings (SSSR count). The Hall–Kier alpha value is -3.80. The highest BCUT2D eigenvalue weighted by atomic mass is 19.1. The van der Waals surface area contributed by atoms with Crippen LogP contribution in [0.1, 0.15) is 12.0 Å². The van der Waals surface area contributed by atoms with Gasteiger partial charge in [0.05, 0.1) is 23.5 Å². The zero-order chi connectivity index (χ0) is 20.2. The molecule has 0 radical (unpaired) electrons. The standard InChI is InChI=1S/C23H18FN3O2/c24-17-10-12-18(13-11-17)25-22(28)15-27-21-9-5-4-8-19(21)26-20(14-23(27)29)16-6-2-1-3-7-16/h1-13H,14-15H2,(H,25,28). The maximum atomic E-state index is 13.1. The summed E-state index contributed by atoms with van der Waals surface area (Å²) >= 11 is 0. The molecule has 0 bridgehead atoms. The highest BCUT2D eigenvalue weighted by molar-refractivity contribution is 6.18. The number of hydrogen-bond donors (Lipinski definition) is 1. The Kier molecular flexibility index (Phi) is 5.16. The van der Waals surface area contributed by atoms with E-state index in [0.29, 0.717) is 22.8 Å². The van der Waals surface area contributed by atoms with Crippen molar-refractivity contribution in [1.82, 2.24) is 0 Å². The van der Waals surface area contributed by atoms with E-state index in [9.17, 15) is 14.0 Å². The third-order valence-electron chi connectivity index (χ3n) is 4.58. The van der Waals surface area contributed by atoms with Crippen molar-refractivity contribution in [3.63, 3.8) is 0 Å². The number of halogens is 1. The first-order chi connectivity index (χ1) is 14.1. The molecule has 0 saturated carbocycles. The summed E-state index contributed by atoms with van der Waals surface area (Å²) in [6.45, 7) is -0.162. The maximum absolute atomic E-state index is 13.1. The van der Waals surface area contributed by atoms with Crippen LogP contribution in [0.2, 0.25) is 0 Å². The van der Waals surface area contributed by atoms with Crippen molar-refractivity contribution in [3.8, 4) is 0 Å². The van der Waals surface area contributed by atoms with Crippen LogP contribution in [0.25, 0.3) is 0 Å². The Morgan fingerprint density at radius 3 is 2.41 bits per heavy atom. The molecule has 1 aliphatic rings. The van der Waals surface area contributed by atoms with E-state index in [4.69, 9.17) is 4.99 Å². The number of benzene rings is 3. The summed E-state index contributed by atoms with van der Waals surface area (Å²) in [6, 6.07) is 22.2. The summed E-state index contributed by atoms with van der Waals surface area (Å²) in [5.74, 6) is -0.972. The van der Waals surface area contributed by atoms with Crippen molar-refractivity contribution in [1.29, 1.82) is 0 Å². The van der Waals surface area contributed by atoms with Crippen molar-refractivity contribution in [2.24, 2.45) is 4.99 Å². The molecule has 2 amide bonds. The van der Waals surface area contributed by atoms with Gasteiger partial charge in [-0.2, -0.15) is 0 Å². The number of fused-ring (bicyclic) bond motifs is 1. The topological polar surface area (TPSA) is 61.8 Å². The van der Waals surface area contributed by atoms with Crippen LogP contribution in [-0.4, -0.2) is 24.1 Å². The molecule has 144 valence electrons. The lowest BCUT2D eigenvalue weighted by Crippen LogP contribution is -2.38. The van der Waals surface area contributed by atoms with Crippen LogP contribution in [0.5, 0.6) is 0 Å². The lowest BCUT2D eigenvalue weighted by molar-refractivity contribution is -0.120. The SMILES string of the molecule is O=C(CN1C(=O)CC(c2ccccc2)=Nc2ccccc21)Nc1ccc(F)cc1. The quantitative estimate of drug-likeness (QED) is 0.725. The summed E-state index contributed by atoms with van der Waals surface area (Å²) in [5, 5.41) is 2.69. The Labute approximate surface area is 167 Å². The van der Waals surface area contributed by atoms with Gasteiger partial charge in [-0.05, 0) is 42.0 Å². The molecule has 1 heterocycles. The molecule has 5 nitrogen and oxygen atoms in total. The minimum absolute atomic E-state index is 0.0858. The molecular formula is C23H18FN3O2. The van der Waals surface area contributed by atoms with Crippen LogP contribution in [0.3, 0.4) is 0 Å². The highest BCUT2D eigenvalue weighted by Gasteiger charge is 2.26. The summed E-state index contributed by atoms with van der Waals surface area (Å²) in [6.07, 6.45) is 0.0858. The van der Waals surface area contributed by atoms with Gasteiger partial charge >= 0.3 is 0 Å². The van der Waals surface area contributed by atoms with E-state index in [1.54, 1.807) is 12.1 Å². The fraction of sp³-hybridized carbons (Fsp3) is 0.0870. The molecule has 0 spiro atoms. The molecule has 1 N–H and O–H groups in total. The lowest BCUT2D eigenvalue weighted by atomic mass is 10.1. The summed E-state index contributed by atoms with van der Waals surface area (Å²) in [5.41, 5.74) is 3.20. The summed E-state index contributed by atoms with van der Waals surface area (Å²) in [4.78, 5) is 31.7. The fourth-order valence-corrected chi connectivity index (χ4v) is 3.19. The Morgan fingerprint density at radius 1 is 0.966 bits per heavy atom. The normalized spacial score (nSPS) is 13.3. The average Bonchev–Trinajstić information content (AvgIpc) is 2.87. The van der Waals surface area contributed by atoms with E-state index >= 15 is 0 Å². The molecular weight excluding hydrogens is 369 g/mol. The van der Waals surface area contributed by atoms with Crippen molar-refractivity contribution in [2.45, 2.75) is 6.42 Å². The van der Waals surface area contributed by atoms with Crippen LogP contribution >= 0.6 is 0 Å². The first-order valence-electron chi connectivity index (χ1n) is 9.18. The van der Waals surface area contributed by atoms with Gasteiger partial charge in [-0.1, -0.05) is 42.5 Å². The molecule has 0 unspecified atom stereocenters. The second-order valence-corrected chi connectivity index (χ2v) is 6.62. The zero-order valence-corrected chi connectivity index (χ0v) is 15.5. The maximum Gasteiger partial charge on any atom is 0.244 e. The van der Waals surface area contributed by atoms with Gasteiger partial charge in [-0.25, -0.2) is 4.39 Å². The molecule has 0 aromatic heterocycles. The van der Waals surface area contributed by atoms with Gasteiger partial charge in [0.25, 0.3) is 0 Å². The second kappa shape index (κ2) is 8.06. The van der Waals surface area contributed by atoms with E-state index in [0.717, 1.165) is 5.56 Å². The lowest BCUT2D eigenvalue weighted by Gasteiger charge is -2.22. The van der Waals surface area contributed by atoms with Gasteiger partial charge in [0.1, 0.15) is 12.4 Å². The molecule has 0 fully saturated rings. The molecule has 0 saturated heterocycles. The predicted octanol–water partition coefficient (Wildman–Crippen LogP) is 4.32. The average molecular weight is 387 g/mol. The fourth-order valence-electron chi connectivity index (χ4n) is 3.19. The zero-order valence-electron chi connectivity index (χ0n) is 15.5. The molecule has 3 aromatic rings. The first kappa shape index (κ1) is 18.6. The van der Waals surface area contributed by atoms with E-state index in [-0.39, 0.29) is 30.6 Å². The number of nitrogens with zero attached hydrogens (tertiary/aromatic N) is 2. The van der Waals surface area contributed by atoms with Crippen LogP contribution in [0.4, 0.5) is 21.5 Å². The number of aliphatic imine (C=N–C) groups is 1. The number of carbonyl (C=O) groups excluding carboxylic acids is 2. The Bertz CT molecular complexity index is 1080. The van der Waals surface area contributed by atoms with E-state index < -0.39 is 0 Å². The van der Waals surface area contributed by atoms with Gasteiger partial charge in [0, 0.05) is 5.69 Å². The molecule has 1 aliphatic heterocycles. The van der Waals surface area contributed by atoms with Crippen molar-refractivity contribution in [2.75, 3.05) is 16.8 Å². The minimum Gasteiger partial charge on any atom is -0.325 e. The van der Waals surface area contributed by atoms with Gasteiger partial charge in [-0.15, -0.1) is 0 Å². The van der Waals surface area contributed by atoms with Crippen LogP contribution < -0.4 is 10.2 Å². The Balaban J connectivity index is 1.60. The van der Waals surface area contributed by atoms with Gasteiger partial charge in [0.2, 0.25) is 11.8 Å². The van der Waals surface area contributed by atoms with E-state index in [1.807, 2.05) is 42.5 Å². The van der Waals surface area contributed by atoms with E-state index in [1.165, 1.54) is 29.2 Å². The van der Waals surface area contributed by atoms with Crippen molar-refractivity contribution in [3.05, 3.63) is 90.2 Å². The minimum atomic E-state index is -0.384. The van der Waals surface area contributed by atoms with Crippen molar-refractivity contribution < 1.29 is 14.0 Å². The molecule has 3 aromatic carbocycles. The highest BCUT2D eigenvalue weighted by Crippen LogP contribution is 2.32. The number of anilines is 2. The second-order valence-electron chi connectivity index (χ2n) is 6.62. The number of hydrogen-bond acceptors (Lipinski definition) is 3. The summed E-state index contributed by atoms with van der Waals surface area (Å²) < 4.78 is 13.1. The number of carbonyl (C=O) groups is 2. The molecule has 0 atom stereocenters. The predicted molar refractivity (Wildman–Crippen MR) is 111 cm³/mol. The summed E-state index contributed by atoms with van der Waals surface area (Å²) in [7, 11) is 0. The third kappa shape index (κ3) is 4.21. The van der Waals surface area contributed by atoms with Gasteiger partial charge in [-0.3, -0.25) is 14.6 Å². The van der Waals surface area contributed by atoms with Crippen LogP contribution in [0, 0.1) is 5.82 Å². The van der Waals surface area contributed by atoms with E-state index in [2.05, 4.69) is 5.32 Å². The van der Waals surface area contributed by atoms with Crippen LogP contribution in [0.15, 0.2) is 83.9 Å². The number of amides is 2. The van der Waals surface area contributed by atoms with Gasteiger partial charge < -0.3 is 10.2 Å².